The first kappa shape index (κ1) is 16.3. The Balaban J connectivity index is 2.85. The van der Waals surface area contributed by atoms with Gasteiger partial charge in [-0.2, -0.15) is 0 Å². The molecular weight excluding hydrogens is 211 g/mol. The van der Waals surface area contributed by atoms with E-state index in [0.29, 0.717) is 0 Å². The van der Waals surface area contributed by atoms with Gasteiger partial charge in [-0.25, -0.2) is 0 Å². The third-order valence-corrected chi connectivity index (χ3v) is 3.82. The van der Waals surface area contributed by atoms with Crippen molar-refractivity contribution in [2.45, 2.75) is 89.3 Å². The fraction of sp³-hybridized carbons (Fsp3) is 1.00. The summed E-state index contributed by atoms with van der Waals surface area (Å²) in [6.07, 6.45) is 16.6. The topological polar surface area (TPSA) is 17.1 Å². The molecule has 0 aliphatic carbocycles. The predicted octanol–water partition coefficient (Wildman–Crippen LogP) is 5.16. The normalized spacial score (nSPS) is 10.3. The van der Waals surface area contributed by atoms with Crippen molar-refractivity contribution in [2.24, 2.45) is 0 Å². The molecule has 0 saturated carbocycles. The van der Waals surface area contributed by atoms with Crippen LogP contribution in [0.15, 0.2) is 0 Å². The van der Waals surface area contributed by atoms with Gasteiger partial charge in [0.2, 0.25) is 0 Å². The molecule has 0 atom stereocenters. The van der Waals surface area contributed by atoms with E-state index in [2.05, 4.69) is 6.92 Å². The van der Waals surface area contributed by atoms with E-state index in [4.69, 9.17) is 0 Å². The zero-order valence-electron chi connectivity index (χ0n) is 11.2. The van der Waals surface area contributed by atoms with E-state index in [1.807, 2.05) is 0 Å². The second-order valence-electron chi connectivity index (χ2n) is 4.84. The van der Waals surface area contributed by atoms with Gasteiger partial charge >= 0.3 is 94.9 Å². The van der Waals surface area contributed by atoms with Crippen molar-refractivity contribution in [3.63, 3.8) is 0 Å². The van der Waals surface area contributed by atoms with Crippen molar-refractivity contribution in [2.75, 3.05) is 0 Å². The zero-order chi connectivity index (χ0) is 11.9. The summed E-state index contributed by atoms with van der Waals surface area (Å²) in [4.78, 5) is 0. The van der Waals surface area contributed by atoms with Crippen molar-refractivity contribution < 1.29 is 3.80 Å². The first-order chi connectivity index (χ1) is 7.91. The molecular formula is C14H29AlO. The molecule has 1 nitrogen and oxygen atoms in total. The summed E-state index contributed by atoms with van der Waals surface area (Å²) >= 11 is -0.487. The van der Waals surface area contributed by atoms with E-state index in [-0.39, 0.29) is 0 Å². The van der Waals surface area contributed by atoms with E-state index >= 15 is 0 Å². The third-order valence-electron chi connectivity index (χ3n) is 3.18. The Kier molecular flexibility index (Phi) is 15.7. The Morgan fingerprint density at radius 1 is 0.625 bits per heavy atom. The SMILES string of the molecule is CCCCCCCCCCCCC[CH2][Al]=[O]. The molecule has 0 amide bonds. The van der Waals surface area contributed by atoms with Gasteiger partial charge in [-0.3, -0.25) is 0 Å². The van der Waals surface area contributed by atoms with Crippen LogP contribution in [0.1, 0.15) is 84.0 Å². The van der Waals surface area contributed by atoms with Gasteiger partial charge in [-0.1, -0.05) is 13.3 Å². The average molecular weight is 240 g/mol. The molecule has 0 aromatic carbocycles. The van der Waals surface area contributed by atoms with Gasteiger partial charge in [0.15, 0.2) is 0 Å². The molecule has 0 spiro atoms. The molecule has 0 unspecified atom stereocenters. The second-order valence-corrected chi connectivity index (χ2v) is 5.76. The van der Waals surface area contributed by atoms with Crippen molar-refractivity contribution in [1.29, 1.82) is 0 Å². The van der Waals surface area contributed by atoms with Crippen molar-refractivity contribution in [1.82, 2.24) is 0 Å². The summed E-state index contributed by atoms with van der Waals surface area (Å²) in [6, 6.07) is 0. The van der Waals surface area contributed by atoms with E-state index in [9.17, 15) is 3.80 Å². The van der Waals surface area contributed by atoms with Crippen LogP contribution in [0, 0.1) is 0 Å². The minimum atomic E-state index is -0.487. The van der Waals surface area contributed by atoms with Crippen LogP contribution < -0.4 is 0 Å². The molecule has 16 heavy (non-hydrogen) atoms. The molecule has 0 radical (unpaired) electrons. The molecule has 0 heterocycles. The quantitative estimate of drug-likeness (QED) is 0.321. The van der Waals surface area contributed by atoms with Crippen molar-refractivity contribution in [3.05, 3.63) is 0 Å². The Labute approximate surface area is 108 Å². The van der Waals surface area contributed by atoms with Crippen molar-refractivity contribution in [3.8, 4) is 0 Å². The molecule has 0 aliphatic rings. The van der Waals surface area contributed by atoms with Crippen molar-refractivity contribution >= 4 is 15.2 Å². The van der Waals surface area contributed by atoms with E-state index in [1.54, 1.807) is 0 Å². The molecule has 94 valence electrons. The predicted molar refractivity (Wildman–Crippen MR) is 72.3 cm³/mol. The maximum atomic E-state index is 10.3. The summed E-state index contributed by atoms with van der Waals surface area (Å²) in [5.74, 6) is 0. The van der Waals surface area contributed by atoms with Gasteiger partial charge in [-0.05, 0) is 0 Å². The summed E-state index contributed by atoms with van der Waals surface area (Å²) < 4.78 is 10.3. The molecule has 0 fully saturated rings. The minimum absolute atomic E-state index is 0.487. The molecule has 0 aliphatic heterocycles. The summed E-state index contributed by atoms with van der Waals surface area (Å²) in [6.45, 7) is 2.27. The van der Waals surface area contributed by atoms with Gasteiger partial charge in [0.1, 0.15) is 0 Å². The fourth-order valence-corrected chi connectivity index (χ4v) is 2.52. The second kappa shape index (κ2) is 15.3. The Hall–Kier alpha value is 0.332. The number of unbranched alkanes of at least 4 members (excludes halogenated alkanes) is 11. The maximum absolute atomic E-state index is 10.3. The van der Waals surface area contributed by atoms with Gasteiger partial charge in [0.05, 0.1) is 0 Å². The van der Waals surface area contributed by atoms with Gasteiger partial charge in [0, 0.05) is 0 Å². The van der Waals surface area contributed by atoms with E-state index in [1.165, 1.54) is 77.0 Å². The monoisotopic (exact) mass is 240 g/mol. The molecule has 0 saturated heterocycles. The first-order valence-corrected chi connectivity index (χ1v) is 8.64. The van der Waals surface area contributed by atoms with Crippen LogP contribution in [0.25, 0.3) is 0 Å². The standard InChI is InChI=1S/C14H29.Al.O/c1-3-5-7-9-11-13-14-12-10-8-6-4-2;;/h1,3-14H2,2H3;;. The average Bonchev–Trinajstić information content (AvgIpc) is 2.31. The molecule has 0 aromatic rings. The molecule has 0 aromatic heterocycles. The third kappa shape index (κ3) is 14.3. The van der Waals surface area contributed by atoms with Gasteiger partial charge < -0.3 is 0 Å². The van der Waals surface area contributed by atoms with Crippen LogP contribution in [0.5, 0.6) is 0 Å². The number of hydrogen-bond acceptors (Lipinski definition) is 1. The van der Waals surface area contributed by atoms with Crippen LogP contribution >= 0.6 is 0 Å². The van der Waals surface area contributed by atoms with Gasteiger partial charge in [0.25, 0.3) is 0 Å². The number of hydrogen-bond donors (Lipinski definition) is 0. The summed E-state index contributed by atoms with van der Waals surface area (Å²) in [5, 5.41) is 0.970. The molecule has 0 bridgehead atoms. The van der Waals surface area contributed by atoms with Crippen LogP contribution in [-0.4, -0.2) is 15.2 Å². The number of rotatable bonds is 13. The Morgan fingerprint density at radius 3 is 1.38 bits per heavy atom. The van der Waals surface area contributed by atoms with Crippen LogP contribution in [0.4, 0.5) is 0 Å². The van der Waals surface area contributed by atoms with E-state index in [0.717, 1.165) is 5.28 Å². The zero-order valence-corrected chi connectivity index (χ0v) is 12.3. The molecule has 0 N–H and O–H groups in total. The Morgan fingerprint density at radius 2 is 1.00 bits per heavy atom. The first-order valence-electron chi connectivity index (χ1n) is 7.35. The van der Waals surface area contributed by atoms with Gasteiger partial charge in [-0.15, -0.1) is 0 Å². The van der Waals surface area contributed by atoms with Crippen LogP contribution in [0.2, 0.25) is 5.28 Å². The Bertz CT molecular complexity index is 137. The van der Waals surface area contributed by atoms with E-state index < -0.39 is 15.2 Å². The van der Waals surface area contributed by atoms with Crippen LogP contribution in [0.3, 0.4) is 0 Å². The summed E-state index contributed by atoms with van der Waals surface area (Å²) in [7, 11) is 0. The van der Waals surface area contributed by atoms with Crippen LogP contribution in [-0.2, 0) is 3.80 Å². The molecule has 2 heteroatoms. The molecule has 0 rings (SSSR count). The fourth-order valence-electron chi connectivity index (χ4n) is 2.07. The summed E-state index contributed by atoms with van der Waals surface area (Å²) in [5.41, 5.74) is 0.